The van der Waals surface area contributed by atoms with E-state index in [1.54, 1.807) is 27.9 Å². The summed E-state index contributed by atoms with van der Waals surface area (Å²) in [5.74, 6) is -1.88. The Labute approximate surface area is 363 Å². The van der Waals surface area contributed by atoms with Crippen LogP contribution in [0.15, 0.2) is 48.9 Å². The van der Waals surface area contributed by atoms with E-state index < -0.39 is 74.1 Å². The van der Waals surface area contributed by atoms with Gasteiger partial charge in [0.1, 0.15) is 39.9 Å². The maximum absolute atomic E-state index is 14.8. The first-order valence-electron chi connectivity index (χ1n) is 21.1. The first-order valence-corrected chi connectivity index (χ1v) is 23.5. The molecule has 0 bridgehead atoms. The highest BCUT2D eigenvalue weighted by Gasteiger charge is 2.62. The van der Waals surface area contributed by atoms with Gasteiger partial charge >= 0.3 is 5.97 Å². The third-order valence-electron chi connectivity index (χ3n) is 11.6. The zero-order valence-corrected chi connectivity index (χ0v) is 37.9. The van der Waals surface area contributed by atoms with E-state index >= 15 is 0 Å². The molecule has 0 spiro atoms. The monoisotopic (exact) mass is 877 g/mol. The third-order valence-corrected chi connectivity index (χ3v) is 14.3. The van der Waals surface area contributed by atoms with Crippen molar-refractivity contribution >= 4 is 56.0 Å². The highest BCUT2D eigenvalue weighted by Crippen LogP contribution is 2.46. The second-order valence-corrected chi connectivity index (χ2v) is 20.6. The largest absolute Gasteiger partial charge is 0.496 e. The number of aromatic nitrogens is 2. The topological polar surface area (TPSA) is 183 Å². The van der Waals surface area contributed by atoms with Gasteiger partial charge in [-0.3, -0.25) is 23.9 Å². The van der Waals surface area contributed by atoms with Crippen LogP contribution in [0.1, 0.15) is 110 Å². The minimum Gasteiger partial charge on any atom is -0.496 e. The lowest BCUT2D eigenvalue weighted by molar-refractivity contribution is -0.168. The number of unbranched alkanes of at least 4 members (excludes halogenated alkanes) is 3. The average molecular weight is 878 g/mol. The number of rotatable bonds is 19. The number of ether oxygens (including phenoxy) is 3. The number of hydrogen-bond donors (Lipinski definition) is 2. The van der Waals surface area contributed by atoms with Crippen LogP contribution in [0.25, 0.3) is 21.6 Å². The fourth-order valence-corrected chi connectivity index (χ4v) is 9.87. The number of aryl methyl sites for hydroxylation is 1. The molecule has 330 valence electrons. The van der Waals surface area contributed by atoms with Crippen LogP contribution in [-0.4, -0.2) is 89.7 Å². The number of esters is 1. The number of likely N-dealkylation sites (tertiary alicyclic amines) is 1. The molecule has 61 heavy (non-hydrogen) atoms. The summed E-state index contributed by atoms with van der Waals surface area (Å²) >= 11 is 1.47. The summed E-state index contributed by atoms with van der Waals surface area (Å²) in [7, 11) is -2.34. The Kier molecular flexibility index (Phi) is 13.7. The van der Waals surface area contributed by atoms with Gasteiger partial charge in [-0.2, -0.15) is 0 Å². The Balaban J connectivity index is 1.36. The molecule has 16 heteroatoms. The zero-order valence-electron chi connectivity index (χ0n) is 36.2. The quantitative estimate of drug-likeness (QED) is 0.0725. The molecule has 2 aliphatic carbocycles. The number of sulfonamides is 1. The van der Waals surface area contributed by atoms with E-state index in [1.807, 2.05) is 36.6 Å². The number of amides is 3. The summed E-state index contributed by atoms with van der Waals surface area (Å²) < 4.78 is 46.2. The van der Waals surface area contributed by atoms with Gasteiger partial charge in [-0.1, -0.05) is 32.4 Å². The number of carbonyl (C=O) groups is 4. The molecule has 6 rings (SSSR count). The van der Waals surface area contributed by atoms with Gasteiger partial charge in [-0.15, -0.1) is 24.5 Å². The first kappa shape index (κ1) is 45.7. The third kappa shape index (κ3) is 10.1. The average Bonchev–Trinajstić information content (AvgIpc) is 4.09. The fraction of sp³-hybridized carbons (Fsp3) is 0.556. The molecule has 3 aromatic rings. The van der Waals surface area contributed by atoms with Crippen molar-refractivity contribution in [2.45, 2.75) is 134 Å². The fourth-order valence-electron chi connectivity index (χ4n) is 7.57. The van der Waals surface area contributed by atoms with Crippen molar-refractivity contribution in [3.8, 4) is 22.2 Å². The second kappa shape index (κ2) is 18.3. The van der Waals surface area contributed by atoms with Gasteiger partial charge in [0.15, 0.2) is 6.10 Å². The minimum atomic E-state index is -3.93. The van der Waals surface area contributed by atoms with Crippen LogP contribution in [0, 0.1) is 18.3 Å². The van der Waals surface area contributed by atoms with Gasteiger partial charge in [0.25, 0.3) is 11.8 Å². The van der Waals surface area contributed by atoms with Crippen LogP contribution >= 0.6 is 11.3 Å². The van der Waals surface area contributed by atoms with Gasteiger partial charge in [-0.25, -0.2) is 18.4 Å². The Morgan fingerprint density at radius 2 is 1.82 bits per heavy atom. The molecule has 0 radical (unpaired) electrons. The number of carbonyl (C=O) groups excluding carboxylic acids is 4. The maximum atomic E-state index is 14.8. The van der Waals surface area contributed by atoms with Crippen molar-refractivity contribution in [3.05, 3.63) is 60.1 Å². The van der Waals surface area contributed by atoms with E-state index in [9.17, 15) is 27.6 Å². The van der Waals surface area contributed by atoms with Crippen LogP contribution < -0.4 is 19.5 Å². The Bertz CT molecular complexity index is 2300. The molecule has 2 N–H and O–H groups in total. The molecule has 3 fully saturated rings. The van der Waals surface area contributed by atoms with Crippen LogP contribution in [0.3, 0.4) is 0 Å². The summed E-state index contributed by atoms with van der Waals surface area (Å²) in [6.07, 6.45) is 5.66. The van der Waals surface area contributed by atoms with Crippen molar-refractivity contribution in [3.63, 3.8) is 0 Å². The number of hydrogen-bond acceptors (Lipinski definition) is 12. The molecule has 3 aliphatic rings. The molecule has 3 heterocycles. The normalized spacial score (nSPS) is 21.8. The Morgan fingerprint density at radius 3 is 2.43 bits per heavy atom. The second-order valence-electron chi connectivity index (χ2n) is 17.8. The molecule has 1 aromatic carbocycles. The van der Waals surface area contributed by atoms with Crippen molar-refractivity contribution in [2.24, 2.45) is 11.3 Å². The van der Waals surface area contributed by atoms with E-state index in [2.05, 4.69) is 37.0 Å². The lowest BCUT2D eigenvalue weighted by Crippen LogP contribution is -2.57. The highest BCUT2D eigenvalue weighted by atomic mass is 32.2. The molecule has 3 amide bonds. The number of thiazole rings is 1. The molecular weight excluding hydrogens is 819 g/mol. The predicted molar refractivity (Wildman–Crippen MR) is 235 cm³/mol. The molecular formula is C45H59N5O9S2. The van der Waals surface area contributed by atoms with Crippen molar-refractivity contribution in [1.29, 1.82) is 0 Å². The Morgan fingerprint density at radius 1 is 1.08 bits per heavy atom. The van der Waals surface area contributed by atoms with Crippen LogP contribution in [0.4, 0.5) is 0 Å². The van der Waals surface area contributed by atoms with Gasteiger partial charge in [0.2, 0.25) is 15.9 Å². The molecule has 1 aliphatic heterocycles. The predicted octanol–water partition coefficient (Wildman–Crippen LogP) is 6.91. The van der Waals surface area contributed by atoms with Crippen LogP contribution in [-0.2, 0) is 33.9 Å². The lowest BCUT2D eigenvalue weighted by Gasteiger charge is -2.30. The van der Waals surface area contributed by atoms with Gasteiger partial charge in [0, 0.05) is 34.7 Å². The number of fused-ring (bicyclic) bond motifs is 1. The molecule has 1 saturated heterocycles. The number of allylic oxidation sites excluding steroid dienone is 1. The number of pyridine rings is 1. The summed E-state index contributed by atoms with van der Waals surface area (Å²) in [6.45, 7) is 18.7. The number of methoxy groups -OCH3 is 1. The van der Waals surface area contributed by atoms with Crippen molar-refractivity contribution in [2.75, 3.05) is 13.7 Å². The van der Waals surface area contributed by atoms with Crippen LogP contribution in [0.2, 0.25) is 0 Å². The highest BCUT2D eigenvalue weighted by molar-refractivity contribution is 7.91. The minimum absolute atomic E-state index is 0.0106. The summed E-state index contributed by atoms with van der Waals surface area (Å²) in [6, 6.07) is 4.32. The molecule has 1 unspecified atom stereocenters. The first-order chi connectivity index (χ1) is 28.8. The van der Waals surface area contributed by atoms with Crippen molar-refractivity contribution < 1.29 is 41.8 Å². The van der Waals surface area contributed by atoms with E-state index in [4.69, 9.17) is 24.2 Å². The molecule has 14 nitrogen and oxygen atoms in total. The number of nitrogens with one attached hydrogen (secondary N) is 2. The summed E-state index contributed by atoms with van der Waals surface area (Å²) in [4.78, 5) is 67.5. The van der Waals surface area contributed by atoms with E-state index in [0.717, 1.165) is 30.5 Å². The van der Waals surface area contributed by atoms with Gasteiger partial charge < -0.3 is 24.4 Å². The van der Waals surface area contributed by atoms with E-state index in [0.29, 0.717) is 52.4 Å². The zero-order chi connectivity index (χ0) is 44.4. The smallest absolute Gasteiger partial charge is 0.312 e. The summed E-state index contributed by atoms with van der Waals surface area (Å²) in [5, 5.41) is 5.57. The van der Waals surface area contributed by atoms with Gasteiger partial charge in [-0.05, 0) is 90.7 Å². The molecule has 5 atom stereocenters. The molecule has 2 aromatic heterocycles. The van der Waals surface area contributed by atoms with Gasteiger partial charge in [0.05, 0.1) is 35.5 Å². The maximum Gasteiger partial charge on any atom is 0.312 e. The van der Waals surface area contributed by atoms with Crippen LogP contribution in [0.5, 0.6) is 11.5 Å². The molecule has 2 saturated carbocycles. The van der Waals surface area contributed by atoms with E-state index in [1.165, 1.54) is 22.3 Å². The Hall–Kier alpha value is -4.83. The lowest BCUT2D eigenvalue weighted by atomic mass is 9.97. The number of nitrogens with zero attached hydrogens (tertiary/aromatic N) is 3. The van der Waals surface area contributed by atoms with E-state index in [-0.39, 0.29) is 31.7 Å². The number of benzene rings is 1. The summed E-state index contributed by atoms with van der Waals surface area (Å²) in [5.41, 5.74) is 0.455. The standard InChI is InChI=1S/C45H59N5O9S2/c1-10-12-13-14-15-16-36(59-43(54)44(6,7)8)41(52)50-24-29(21-34(50)39(51)48-45(23-28(45)11-2)42(53)49-61(55,56)30-17-18-30)58-37-22-32(40-47-33(25-60-40)26(3)4)46-38-27(5)35(57-9)20-19-31(37)38/h10-11,19-20,22,25-26,28-30,34,36H,1-2,12-18,21,23-24H2,3-9H3,(H,48,51)(H,49,53)/t28-,29-,34+,36?,45-/m1/s1. The SMILES string of the molecule is C=CCCCCCC(OC(=O)C(C)(C)C)C(=O)N1C[C@H](Oc2cc(-c3nc(C(C)C)cs3)nc3c(C)c(OC)ccc23)C[C@H]1C(=O)N[C@]1(C(=O)NS(=O)(=O)C2CC2)C[C@H]1C=C. The van der Waals surface area contributed by atoms with Crippen molar-refractivity contribution in [1.82, 2.24) is 24.9 Å².